The topological polar surface area (TPSA) is 156 Å². The lowest BCUT2D eigenvalue weighted by Crippen LogP contribution is -2.29. The highest BCUT2D eigenvalue weighted by molar-refractivity contribution is 5.92. The summed E-state index contributed by atoms with van der Waals surface area (Å²) in [6, 6.07) is 19.7. The number of hydrogen-bond donors (Lipinski definition) is 2. The number of fused-ring (bicyclic) bond motifs is 3. The zero-order valence-electron chi connectivity index (χ0n) is 31.5. The van der Waals surface area contributed by atoms with Crippen LogP contribution in [0.3, 0.4) is 0 Å². The molecule has 0 unspecified atom stereocenters. The number of anilines is 2. The van der Waals surface area contributed by atoms with Crippen molar-refractivity contribution in [3.63, 3.8) is 0 Å². The van der Waals surface area contributed by atoms with Crippen molar-refractivity contribution in [1.82, 2.24) is 29.7 Å². The molecule has 2 fully saturated rings. The SMILES string of the molecule is Cc1c(-c2nc3cc(CN4CC[C@](C)(O)C4)cc(C#N)c3o2)cccc1-c1cccc2c1CCN2c1nc(C(F)F)nc2cc(CN3CC[C@@H](C(=O)O)C3)cnc12. The van der Waals surface area contributed by atoms with E-state index in [1.165, 1.54) is 0 Å². The fourth-order valence-corrected chi connectivity index (χ4v) is 8.75. The molecule has 2 atom stereocenters. The molecule has 2 saturated heterocycles. The van der Waals surface area contributed by atoms with Gasteiger partial charge in [0.1, 0.15) is 17.1 Å². The van der Waals surface area contributed by atoms with Crippen molar-refractivity contribution in [3.8, 4) is 28.7 Å². The first-order chi connectivity index (χ1) is 27.4. The number of aliphatic hydroxyl groups is 1. The molecule has 57 heavy (non-hydrogen) atoms. The van der Waals surface area contributed by atoms with Crippen molar-refractivity contribution in [3.05, 3.63) is 94.4 Å². The third-order valence-corrected chi connectivity index (χ3v) is 11.6. The van der Waals surface area contributed by atoms with Crippen LogP contribution in [-0.2, 0) is 24.3 Å². The monoisotopic (exact) mass is 770 g/mol. The number of likely N-dealkylation sites (tertiary alicyclic amines) is 2. The van der Waals surface area contributed by atoms with Crippen molar-refractivity contribution in [2.45, 2.75) is 58.2 Å². The Hall–Kier alpha value is -5.88. The summed E-state index contributed by atoms with van der Waals surface area (Å²) in [5.74, 6) is -1.11. The van der Waals surface area contributed by atoms with Crippen LogP contribution in [0, 0.1) is 24.2 Å². The van der Waals surface area contributed by atoms with Gasteiger partial charge >= 0.3 is 5.97 Å². The van der Waals surface area contributed by atoms with Crippen LogP contribution in [0.5, 0.6) is 0 Å². The number of oxazole rings is 1. The molecule has 290 valence electrons. The molecule has 12 nitrogen and oxygen atoms in total. The normalized spacial score (nSPS) is 19.9. The minimum Gasteiger partial charge on any atom is -0.481 e. The summed E-state index contributed by atoms with van der Waals surface area (Å²) in [4.78, 5) is 35.8. The standard InChI is InChI=1S/C43H40F2N8O4/c1-24-29(5-3-6-30(24)41-49-34-16-25(15-28(18-46)37(34)57-41)20-52-14-11-43(2,56)23-52)31-7-4-8-35-32(31)10-13-53(35)40-36-33(48-39(50-40)38(44)45)17-26(19-47-36)21-51-12-9-27(22-51)42(54)55/h3-8,15-17,19,27,38,56H,9-14,20-23H2,1-2H3,(H,54,55)/t27-,43+/m1/s1. The fourth-order valence-electron chi connectivity index (χ4n) is 8.75. The third kappa shape index (κ3) is 6.85. The maximum absolute atomic E-state index is 14.3. The minimum absolute atomic E-state index is 0.309. The Morgan fingerprint density at radius 3 is 2.53 bits per heavy atom. The molecule has 0 saturated carbocycles. The van der Waals surface area contributed by atoms with Crippen LogP contribution < -0.4 is 4.90 Å². The number of carboxylic acids is 1. The van der Waals surface area contributed by atoms with Crippen molar-refractivity contribution >= 4 is 39.6 Å². The van der Waals surface area contributed by atoms with Gasteiger partial charge in [0.15, 0.2) is 17.2 Å². The largest absolute Gasteiger partial charge is 0.481 e. The predicted octanol–water partition coefficient (Wildman–Crippen LogP) is 7.18. The summed E-state index contributed by atoms with van der Waals surface area (Å²) < 4.78 is 34.9. The smallest absolute Gasteiger partial charge is 0.307 e. The van der Waals surface area contributed by atoms with Crippen LogP contribution in [-0.4, -0.2) is 84.2 Å². The van der Waals surface area contributed by atoms with E-state index >= 15 is 0 Å². The number of nitrogens with zero attached hydrogens (tertiary/aromatic N) is 8. The van der Waals surface area contributed by atoms with E-state index in [-0.39, 0.29) is 0 Å². The van der Waals surface area contributed by atoms with E-state index in [0.29, 0.717) is 97.9 Å². The zero-order chi connectivity index (χ0) is 39.6. The zero-order valence-corrected chi connectivity index (χ0v) is 31.5. The summed E-state index contributed by atoms with van der Waals surface area (Å²) in [7, 11) is 0. The van der Waals surface area contributed by atoms with Gasteiger partial charge in [-0.15, -0.1) is 0 Å². The number of pyridine rings is 1. The summed E-state index contributed by atoms with van der Waals surface area (Å²) >= 11 is 0. The summed E-state index contributed by atoms with van der Waals surface area (Å²) in [5, 5.41) is 29.9. The second-order valence-corrected chi connectivity index (χ2v) is 15.7. The Balaban J connectivity index is 1.04. The number of aliphatic carboxylic acids is 1. The van der Waals surface area contributed by atoms with Gasteiger partial charge in [-0.05, 0) is 103 Å². The van der Waals surface area contributed by atoms with Gasteiger partial charge in [-0.1, -0.05) is 24.3 Å². The van der Waals surface area contributed by atoms with Crippen molar-refractivity contribution in [2.75, 3.05) is 37.6 Å². The van der Waals surface area contributed by atoms with Crippen LogP contribution in [0.2, 0.25) is 0 Å². The average Bonchev–Trinajstić information content (AvgIpc) is 4.00. The van der Waals surface area contributed by atoms with E-state index in [0.717, 1.165) is 51.2 Å². The first-order valence-corrected chi connectivity index (χ1v) is 19.1. The van der Waals surface area contributed by atoms with Gasteiger partial charge in [-0.25, -0.2) is 23.7 Å². The molecule has 0 amide bonds. The summed E-state index contributed by atoms with van der Waals surface area (Å²) in [6.45, 7) is 7.76. The number of alkyl halides is 2. The van der Waals surface area contributed by atoms with Gasteiger partial charge in [0, 0.05) is 56.7 Å². The predicted molar refractivity (Wildman–Crippen MR) is 209 cm³/mol. The Morgan fingerprint density at radius 2 is 1.77 bits per heavy atom. The number of β-amino-alcohol motifs (C(OH)–C–C–N with tert-alkyl or cyclic N) is 1. The Labute approximate surface area is 327 Å². The lowest BCUT2D eigenvalue weighted by Gasteiger charge is -2.21. The summed E-state index contributed by atoms with van der Waals surface area (Å²) in [5.41, 5.74) is 8.65. The highest BCUT2D eigenvalue weighted by atomic mass is 19.3. The van der Waals surface area contributed by atoms with Crippen LogP contribution in [0.4, 0.5) is 20.3 Å². The Kier molecular flexibility index (Phi) is 9.19. The lowest BCUT2D eigenvalue weighted by atomic mass is 9.92. The Bertz CT molecular complexity index is 2620. The number of benzene rings is 3. The number of carbonyl (C=O) groups is 1. The van der Waals surface area contributed by atoms with E-state index in [9.17, 15) is 29.1 Å². The maximum atomic E-state index is 14.3. The first-order valence-electron chi connectivity index (χ1n) is 19.1. The van der Waals surface area contributed by atoms with Crippen molar-refractivity contribution < 1.29 is 28.2 Å². The van der Waals surface area contributed by atoms with E-state index in [2.05, 4.69) is 27.0 Å². The molecule has 3 aliphatic heterocycles. The van der Waals surface area contributed by atoms with E-state index in [1.807, 2.05) is 66.1 Å². The first kappa shape index (κ1) is 36.7. The molecule has 0 bridgehead atoms. The molecule has 0 spiro atoms. The van der Waals surface area contributed by atoms with Gasteiger partial charge in [0.05, 0.1) is 22.6 Å². The molecule has 0 aliphatic carbocycles. The van der Waals surface area contributed by atoms with E-state index in [4.69, 9.17) is 14.4 Å². The van der Waals surface area contributed by atoms with Gasteiger partial charge in [0.25, 0.3) is 6.43 Å². The molecule has 6 aromatic rings. The van der Waals surface area contributed by atoms with Crippen LogP contribution in [0.25, 0.3) is 44.7 Å². The van der Waals surface area contributed by atoms with Gasteiger partial charge in [0.2, 0.25) is 5.89 Å². The van der Waals surface area contributed by atoms with Crippen LogP contribution in [0.1, 0.15) is 59.8 Å². The number of hydrogen-bond acceptors (Lipinski definition) is 11. The maximum Gasteiger partial charge on any atom is 0.307 e. The molecule has 3 aliphatic rings. The number of aromatic nitrogens is 4. The van der Waals surface area contributed by atoms with Crippen LogP contribution in [0.15, 0.2) is 65.2 Å². The van der Waals surface area contributed by atoms with Gasteiger partial charge in [-0.3, -0.25) is 19.6 Å². The Morgan fingerprint density at radius 1 is 1.00 bits per heavy atom. The molecule has 6 heterocycles. The quantitative estimate of drug-likeness (QED) is 0.153. The number of rotatable bonds is 9. The number of nitriles is 1. The second kappa shape index (κ2) is 14.3. The highest BCUT2D eigenvalue weighted by Crippen LogP contribution is 2.43. The lowest BCUT2D eigenvalue weighted by molar-refractivity contribution is -0.141. The van der Waals surface area contributed by atoms with Gasteiger partial charge < -0.3 is 19.5 Å². The van der Waals surface area contributed by atoms with Crippen molar-refractivity contribution in [2.24, 2.45) is 5.92 Å². The third-order valence-electron chi connectivity index (χ3n) is 11.6. The molecule has 2 N–H and O–H groups in total. The molecular weight excluding hydrogens is 731 g/mol. The molecule has 0 radical (unpaired) electrons. The summed E-state index contributed by atoms with van der Waals surface area (Å²) in [6.07, 6.45) is 0.688. The minimum atomic E-state index is -2.89. The fraction of sp³-hybridized carbons (Fsp3) is 0.349. The molecule has 3 aromatic heterocycles. The molecule has 14 heteroatoms. The van der Waals surface area contributed by atoms with Gasteiger partial charge in [-0.2, -0.15) is 5.26 Å². The van der Waals surface area contributed by atoms with E-state index < -0.39 is 29.7 Å². The molecular formula is C43H40F2N8O4. The molecule has 3 aromatic carbocycles. The van der Waals surface area contributed by atoms with Crippen LogP contribution >= 0.6 is 0 Å². The number of halogens is 2. The van der Waals surface area contributed by atoms with E-state index in [1.54, 1.807) is 12.3 Å². The second-order valence-electron chi connectivity index (χ2n) is 15.7. The van der Waals surface area contributed by atoms with Crippen molar-refractivity contribution in [1.29, 1.82) is 5.26 Å². The molecule has 9 rings (SSSR count). The average molecular weight is 771 g/mol. The number of carboxylic acid groups (broad SMARTS) is 1. The highest BCUT2D eigenvalue weighted by Gasteiger charge is 2.33.